The lowest BCUT2D eigenvalue weighted by Crippen LogP contribution is -2.37. The van der Waals surface area contributed by atoms with Crippen LogP contribution < -0.4 is 10.6 Å². The molecule has 13 heavy (non-hydrogen) atoms. The fourth-order valence-electron chi connectivity index (χ4n) is 0.994. The molecule has 1 atom stereocenters. The molecule has 2 heterocycles. The van der Waals surface area contributed by atoms with Crippen LogP contribution in [-0.4, -0.2) is 33.2 Å². The van der Waals surface area contributed by atoms with Crippen molar-refractivity contribution in [1.29, 1.82) is 0 Å². The number of rotatable bonds is 2. The van der Waals surface area contributed by atoms with Crippen LogP contribution in [0.15, 0.2) is 6.20 Å². The van der Waals surface area contributed by atoms with Crippen LogP contribution in [0.2, 0.25) is 0 Å². The van der Waals surface area contributed by atoms with Crippen LogP contribution in [0, 0.1) is 0 Å². The van der Waals surface area contributed by atoms with E-state index < -0.39 is 0 Å². The van der Waals surface area contributed by atoms with Gasteiger partial charge in [0.25, 0.3) is 0 Å². The van der Waals surface area contributed by atoms with Crippen LogP contribution in [-0.2, 0) is 4.79 Å². The van der Waals surface area contributed by atoms with Gasteiger partial charge in [-0.3, -0.25) is 10.1 Å². The van der Waals surface area contributed by atoms with E-state index in [4.69, 9.17) is 0 Å². The third-order valence-corrected chi connectivity index (χ3v) is 3.16. The van der Waals surface area contributed by atoms with Crippen molar-refractivity contribution >= 4 is 34.2 Å². The molecule has 0 aliphatic carbocycles. The fourth-order valence-corrected chi connectivity index (χ4v) is 2.36. The van der Waals surface area contributed by atoms with Crippen molar-refractivity contribution in [3.05, 3.63) is 6.20 Å². The van der Waals surface area contributed by atoms with Crippen LogP contribution in [0.3, 0.4) is 0 Å². The summed E-state index contributed by atoms with van der Waals surface area (Å²) >= 11 is 2.91. The van der Waals surface area contributed by atoms with E-state index in [1.165, 1.54) is 11.5 Å². The summed E-state index contributed by atoms with van der Waals surface area (Å²) in [4.78, 5) is 11.5. The summed E-state index contributed by atoms with van der Waals surface area (Å²) in [5, 5.41) is 10.2. The summed E-state index contributed by atoms with van der Waals surface area (Å²) in [6, 6.07) is -0.0768. The average molecular weight is 216 g/mol. The standard InChI is InChI=1S/C6H8N4OS2/c11-6(4-2-12-3-7-4)9-5-1-8-10-13-5/h1,4,7H,2-3H2,(H,9,11). The minimum absolute atomic E-state index is 0.00366. The largest absolute Gasteiger partial charge is 0.314 e. The van der Waals surface area contributed by atoms with Crippen LogP contribution in [0.5, 0.6) is 0 Å². The van der Waals surface area contributed by atoms with E-state index in [-0.39, 0.29) is 11.9 Å². The van der Waals surface area contributed by atoms with Crippen LogP contribution in [0.4, 0.5) is 5.00 Å². The number of carbonyl (C=O) groups is 1. The molecule has 1 unspecified atom stereocenters. The van der Waals surface area contributed by atoms with Crippen molar-refractivity contribution in [3.63, 3.8) is 0 Å². The lowest BCUT2D eigenvalue weighted by Gasteiger charge is -2.07. The molecular formula is C6H8N4OS2. The molecule has 0 aromatic carbocycles. The van der Waals surface area contributed by atoms with Gasteiger partial charge < -0.3 is 5.32 Å². The SMILES string of the molecule is O=C(Nc1cnns1)C1CSCN1. The maximum Gasteiger partial charge on any atom is 0.243 e. The smallest absolute Gasteiger partial charge is 0.243 e. The van der Waals surface area contributed by atoms with Gasteiger partial charge in [-0.25, -0.2) is 0 Å². The van der Waals surface area contributed by atoms with Crippen molar-refractivity contribution in [2.24, 2.45) is 0 Å². The van der Waals surface area contributed by atoms with E-state index in [0.29, 0.717) is 5.00 Å². The van der Waals surface area contributed by atoms with Crippen molar-refractivity contribution in [2.75, 3.05) is 16.9 Å². The third kappa shape index (κ3) is 2.17. The molecule has 1 aromatic heterocycles. The number of nitrogens with one attached hydrogen (secondary N) is 2. The second kappa shape index (κ2) is 4.03. The van der Waals surface area contributed by atoms with Gasteiger partial charge in [-0.1, -0.05) is 4.49 Å². The zero-order valence-electron chi connectivity index (χ0n) is 6.69. The van der Waals surface area contributed by atoms with Crippen molar-refractivity contribution in [3.8, 4) is 0 Å². The van der Waals surface area contributed by atoms with Gasteiger partial charge in [0.15, 0.2) is 0 Å². The molecule has 1 fully saturated rings. The maximum atomic E-state index is 11.5. The first-order valence-electron chi connectivity index (χ1n) is 3.75. The Bertz CT molecular complexity index is 283. The highest BCUT2D eigenvalue weighted by Crippen LogP contribution is 2.13. The predicted molar refractivity (Wildman–Crippen MR) is 52.8 cm³/mol. The number of aromatic nitrogens is 2. The van der Waals surface area contributed by atoms with E-state index >= 15 is 0 Å². The number of anilines is 1. The molecule has 1 aliphatic heterocycles. The zero-order chi connectivity index (χ0) is 9.10. The fraction of sp³-hybridized carbons (Fsp3) is 0.500. The molecule has 1 aliphatic rings. The maximum absolute atomic E-state index is 11.5. The molecule has 0 radical (unpaired) electrons. The second-order valence-electron chi connectivity index (χ2n) is 2.54. The summed E-state index contributed by atoms with van der Waals surface area (Å²) < 4.78 is 3.65. The van der Waals surface area contributed by atoms with Crippen LogP contribution in [0.25, 0.3) is 0 Å². The molecule has 1 saturated heterocycles. The van der Waals surface area contributed by atoms with E-state index in [0.717, 1.165) is 11.6 Å². The number of nitrogens with zero attached hydrogens (tertiary/aromatic N) is 2. The minimum atomic E-state index is -0.0768. The van der Waals surface area contributed by atoms with Gasteiger partial charge in [-0.15, -0.1) is 16.9 Å². The van der Waals surface area contributed by atoms with Gasteiger partial charge in [0.1, 0.15) is 5.00 Å². The van der Waals surface area contributed by atoms with Crippen molar-refractivity contribution in [1.82, 2.24) is 14.9 Å². The lowest BCUT2D eigenvalue weighted by atomic mass is 10.3. The summed E-state index contributed by atoms with van der Waals surface area (Å²) in [7, 11) is 0. The Morgan fingerprint density at radius 3 is 3.31 bits per heavy atom. The Hall–Kier alpha value is -0.660. The highest BCUT2D eigenvalue weighted by molar-refractivity contribution is 7.99. The van der Waals surface area contributed by atoms with E-state index in [1.54, 1.807) is 18.0 Å². The molecule has 0 spiro atoms. The Labute approximate surface area is 83.5 Å². The molecule has 1 amide bonds. The Kier molecular flexibility index (Phi) is 2.77. The first kappa shape index (κ1) is 8.92. The average Bonchev–Trinajstić information content (AvgIpc) is 2.74. The molecular weight excluding hydrogens is 208 g/mol. The summed E-state index contributed by atoms with van der Waals surface area (Å²) in [5.41, 5.74) is 0. The van der Waals surface area contributed by atoms with Gasteiger partial charge in [-0.2, -0.15) is 0 Å². The number of hydrogen-bond donors (Lipinski definition) is 2. The molecule has 5 nitrogen and oxygen atoms in total. The lowest BCUT2D eigenvalue weighted by molar-refractivity contribution is -0.117. The quantitative estimate of drug-likeness (QED) is 0.736. The van der Waals surface area contributed by atoms with Crippen molar-refractivity contribution < 1.29 is 4.79 Å². The second-order valence-corrected chi connectivity index (χ2v) is 4.36. The summed E-state index contributed by atoms with van der Waals surface area (Å²) in [5.74, 6) is 1.67. The third-order valence-electron chi connectivity index (χ3n) is 1.64. The van der Waals surface area contributed by atoms with E-state index in [2.05, 4.69) is 20.2 Å². The zero-order valence-corrected chi connectivity index (χ0v) is 8.32. The van der Waals surface area contributed by atoms with Gasteiger partial charge in [0.2, 0.25) is 5.91 Å². The monoisotopic (exact) mass is 216 g/mol. The van der Waals surface area contributed by atoms with Gasteiger partial charge in [0, 0.05) is 23.2 Å². The number of hydrogen-bond acceptors (Lipinski definition) is 6. The Morgan fingerprint density at radius 1 is 1.77 bits per heavy atom. The summed E-state index contributed by atoms with van der Waals surface area (Å²) in [6.07, 6.45) is 1.55. The highest BCUT2D eigenvalue weighted by Gasteiger charge is 2.22. The first-order valence-corrected chi connectivity index (χ1v) is 5.68. The molecule has 2 rings (SSSR count). The Balaban J connectivity index is 1.91. The van der Waals surface area contributed by atoms with Gasteiger partial charge in [-0.05, 0) is 0 Å². The first-order chi connectivity index (χ1) is 6.36. The topological polar surface area (TPSA) is 66.9 Å². The number of thioether (sulfide) groups is 1. The van der Waals surface area contributed by atoms with Crippen LogP contribution >= 0.6 is 23.3 Å². The minimum Gasteiger partial charge on any atom is -0.314 e. The van der Waals surface area contributed by atoms with Crippen LogP contribution in [0.1, 0.15) is 0 Å². The molecule has 1 aromatic rings. The molecule has 7 heteroatoms. The molecule has 2 N–H and O–H groups in total. The number of carbonyl (C=O) groups excluding carboxylic acids is 1. The normalized spacial score (nSPS) is 21.7. The molecule has 0 bridgehead atoms. The predicted octanol–water partition coefficient (Wildman–Crippen LogP) is 0.139. The highest BCUT2D eigenvalue weighted by atomic mass is 32.2. The van der Waals surface area contributed by atoms with E-state index in [9.17, 15) is 4.79 Å². The van der Waals surface area contributed by atoms with E-state index in [1.807, 2.05) is 0 Å². The number of amides is 1. The molecule has 0 saturated carbocycles. The molecule has 70 valence electrons. The summed E-state index contributed by atoms with van der Waals surface area (Å²) in [6.45, 7) is 0. The van der Waals surface area contributed by atoms with Gasteiger partial charge >= 0.3 is 0 Å². The van der Waals surface area contributed by atoms with Gasteiger partial charge in [0.05, 0.1) is 12.2 Å². The Morgan fingerprint density at radius 2 is 2.69 bits per heavy atom. The van der Waals surface area contributed by atoms with Crippen molar-refractivity contribution in [2.45, 2.75) is 6.04 Å².